The fourth-order valence-electron chi connectivity index (χ4n) is 2.47. The number of amides is 1. The number of carbonyl (C=O) groups excluding carboxylic acids is 1. The predicted octanol–water partition coefficient (Wildman–Crippen LogP) is 0.829. The SMILES string of the molecule is COCCNC(=O)c1cc(S(=O)(=O)NC[C@@H]2CCCO2)ccc1C. The molecule has 0 saturated carbocycles. The zero-order valence-corrected chi connectivity index (χ0v) is 14.8. The first-order chi connectivity index (χ1) is 11.4. The molecule has 7 nitrogen and oxygen atoms in total. The molecule has 2 N–H and O–H groups in total. The lowest BCUT2D eigenvalue weighted by molar-refractivity contribution is 0.0936. The largest absolute Gasteiger partial charge is 0.383 e. The van der Waals surface area contributed by atoms with Crippen LogP contribution in [0, 0.1) is 6.92 Å². The minimum atomic E-state index is -3.68. The average molecular weight is 356 g/mol. The van der Waals surface area contributed by atoms with E-state index < -0.39 is 10.0 Å². The van der Waals surface area contributed by atoms with Crippen molar-refractivity contribution in [1.82, 2.24) is 10.0 Å². The number of sulfonamides is 1. The molecule has 1 aromatic carbocycles. The highest BCUT2D eigenvalue weighted by molar-refractivity contribution is 7.89. The standard InChI is InChI=1S/C16H24N2O5S/c1-12-5-6-14(10-15(12)16(19)17-7-9-22-2)24(20,21)18-11-13-4-3-8-23-13/h5-6,10,13,18H,3-4,7-9,11H2,1-2H3,(H,17,19)/t13-/m0/s1. The van der Waals surface area contributed by atoms with Gasteiger partial charge in [-0.3, -0.25) is 4.79 Å². The van der Waals surface area contributed by atoms with Crippen LogP contribution >= 0.6 is 0 Å². The van der Waals surface area contributed by atoms with Gasteiger partial charge in [-0.05, 0) is 37.5 Å². The Hall–Kier alpha value is -1.48. The highest BCUT2D eigenvalue weighted by Crippen LogP contribution is 2.17. The number of hydrogen-bond donors (Lipinski definition) is 2. The fraction of sp³-hybridized carbons (Fsp3) is 0.562. The molecule has 0 bridgehead atoms. The number of ether oxygens (including phenoxy) is 2. The van der Waals surface area contributed by atoms with E-state index in [4.69, 9.17) is 9.47 Å². The zero-order chi connectivity index (χ0) is 17.6. The van der Waals surface area contributed by atoms with Gasteiger partial charge in [-0.2, -0.15) is 0 Å². The Morgan fingerprint density at radius 1 is 1.42 bits per heavy atom. The van der Waals surface area contributed by atoms with Crippen molar-refractivity contribution < 1.29 is 22.7 Å². The van der Waals surface area contributed by atoms with E-state index in [0.717, 1.165) is 12.8 Å². The number of methoxy groups -OCH3 is 1. The smallest absolute Gasteiger partial charge is 0.251 e. The van der Waals surface area contributed by atoms with E-state index in [1.165, 1.54) is 12.1 Å². The summed E-state index contributed by atoms with van der Waals surface area (Å²) in [5, 5.41) is 2.70. The summed E-state index contributed by atoms with van der Waals surface area (Å²) in [6.07, 6.45) is 1.72. The van der Waals surface area contributed by atoms with Gasteiger partial charge in [0.1, 0.15) is 0 Å². The molecule has 0 radical (unpaired) electrons. The molecule has 0 unspecified atom stereocenters. The Labute approximate surface area is 142 Å². The van der Waals surface area contributed by atoms with E-state index in [2.05, 4.69) is 10.0 Å². The first-order valence-corrected chi connectivity index (χ1v) is 9.41. The highest BCUT2D eigenvalue weighted by atomic mass is 32.2. The predicted molar refractivity (Wildman–Crippen MR) is 89.6 cm³/mol. The molecule has 0 aromatic heterocycles. The lowest BCUT2D eigenvalue weighted by Crippen LogP contribution is -2.32. The molecule has 0 aliphatic carbocycles. The summed E-state index contributed by atoms with van der Waals surface area (Å²) in [4.78, 5) is 12.3. The molecule has 1 atom stereocenters. The van der Waals surface area contributed by atoms with Crippen LogP contribution in [0.3, 0.4) is 0 Å². The second kappa shape index (κ2) is 8.57. The Bertz CT molecular complexity index is 669. The van der Waals surface area contributed by atoms with Gasteiger partial charge in [-0.1, -0.05) is 6.07 Å². The van der Waals surface area contributed by atoms with Crippen LogP contribution in [0.1, 0.15) is 28.8 Å². The van der Waals surface area contributed by atoms with Gasteiger partial charge in [0, 0.05) is 32.4 Å². The molecule has 0 spiro atoms. The number of hydrogen-bond acceptors (Lipinski definition) is 5. The molecule has 1 aliphatic rings. The second-order valence-corrected chi connectivity index (χ2v) is 7.48. The second-order valence-electron chi connectivity index (χ2n) is 5.71. The lowest BCUT2D eigenvalue weighted by Gasteiger charge is -2.13. The molecule has 24 heavy (non-hydrogen) atoms. The Morgan fingerprint density at radius 2 is 2.21 bits per heavy atom. The van der Waals surface area contributed by atoms with Crippen molar-refractivity contribution in [3.63, 3.8) is 0 Å². The third kappa shape index (κ3) is 5.01. The third-order valence-corrected chi connectivity index (χ3v) is 5.30. The summed E-state index contributed by atoms with van der Waals surface area (Å²) in [5.41, 5.74) is 1.05. The maximum absolute atomic E-state index is 12.4. The van der Waals surface area contributed by atoms with Crippen LogP contribution in [-0.4, -0.2) is 53.8 Å². The van der Waals surface area contributed by atoms with Gasteiger partial charge in [0.25, 0.3) is 5.91 Å². The van der Waals surface area contributed by atoms with Crippen molar-refractivity contribution in [2.75, 3.05) is 33.4 Å². The van der Waals surface area contributed by atoms with Gasteiger partial charge in [-0.25, -0.2) is 13.1 Å². The molecule has 1 aliphatic heterocycles. The van der Waals surface area contributed by atoms with Gasteiger partial charge in [-0.15, -0.1) is 0 Å². The minimum absolute atomic E-state index is 0.0722. The quantitative estimate of drug-likeness (QED) is 0.673. The van der Waals surface area contributed by atoms with Crippen LogP contribution in [0.5, 0.6) is 0 Å². The Kier molecular flexibility index (Phi) is 6.73. The van der Waals surface area contributed by atoms with Crippen LogP contribution in [0.4, 0.5) is 0 Å². The maximum atomic E-state index is 12.4. The Balaban J connectivity index is 2.08. The van der Waals surface area contributed by atoms with Crippen molar-refractivity contribution in [1.29, 1.82) is 0 Å². The van der Waals surface area contributed by atoms with Crippen LogP contribution < -0.4 is 10.0 Å². The number of carbonyl (C=O) groups is 1. The van der Waals surface area contributed by atoms with Crippen LogP contribution in [0.2, 0.25) is 0 Å². The molecule has 1 saturated heterocycles. The van der Waals surface area contributed by atoms with Gasteiger partial charge in [0.2, 0.25) is 10.0 Å². The summed E-state index contributed by atoms with van der Waals surface area (Å²) in [6, 6.07) is 4.53. The summed E-state index contributed by atoms with van der Waals surface area (Å²) in [5.74, 6) is -0.319. The number of aryl methyl sites for hydroxylation is 1. The zero-order valence-electron chi connectivity index (χ0n) is 14.0. The molecule has 2 rings (SSSR count). The van der Waals surface area contributed by atoms with Gasteiger partial charge in [0.05, 0.1) is 17.6 Å². The molecule has 1 heterocycles. The number of nitrogens with one attached hydrogen (secondary N) is 2. The van der Waals surface area contributed by atoms with Crippen molar-refractivity contribution in [3.8, 4) is 0 Å². The van der Waals surface area contributed by atoms with E-state index in [0.29, 0.717) is 30.9 Å². The molecule has 1 amide bonds. The molecular formula is C16H24N2O5S. The molecule has 1 aromatic rings. The van der Waals surface area contributed by atoms with Crippen molar-refractivity contribution in [2.45, 2.75) is 30.8 Å². The number of benzene rings is 1. The molecular weight excluding hydrogens is 332 g/mol. The first kappa shape index (κ1) is 18.9. The topological polar surface area (TPSA) is 93.7 Å². The Morgan fingerprint density at radius 3 is 2.88 bits per heavy atom. The summed E-state index contributed by atoms with van der Waals surface area (Å²) in [7, 11) is -2.13. The van der Waals surface area contributed by atoms with Gasteiger partial charge in [0.15, 0.2) is 0 Å². The maximum Gasteiger partial charge on any atom is 0.251 e. The molecule has 8 heteroatoms. The van der Waals surface area contributed by atoms with E-state index in [1.807, 2.05) is 0 Å². The van der Waals surface area contributed by atoms with E-state index in [1.54, 1.807) is 20.1 Å². The molecule has 1 fully saturated rings. The third-order valence-electron chi connectivity index (χ3n) is 3.88. The minimum Gasteiger partial charge on any atom is -0.383 e. The van der Waals surface area contributed by atoms with E-state index >= 15 is 0 Å². The summed E-state index contributed by atoms with van der Waals surface area (Å²) >= 11 is 0. The fourth-order valence-corrected chi connectivity index (χ4v) is 3.56. The van der Waals surface area contributed by atoms with Gasteiger partial charge >= 0.3 is 0 Å². The van der Waals surface area contributed by atoms with Crippen LogP contribution in [0.25, 0.3) is 0 Å². The van der Waals surface area contributed by atoms with E-state index in [9.17, 15) is 13.2 Å². The van der Waals surface area contributed by atoms with Crippen molar-refractivity contribution in [2.24, 2.45) is 0 Å². The van der Waals surface area contributed by atoms with Crippen molar-refractivity contribution in [3.05, 3.63) is 29.3 Å². The number of rotatable bonds is 8. The normalized spacial score (nSPS) is 17.8. The average Bonchev–Trinajstić information content (AvgIpc) is 3.07. The lowest BCUT2D eigenvalue weighted by atomic mass is 10.1. The van der Waals surface area contributed by atoms with E-state index in [-0.39, 0.29) is 23.5 Å². The van der Waals surface area contributed by atoms with Gasteiger partial charge < -0.3 is 14.8 Å². The monoisotopic (exact) mass is 356 g/mol. The van der Waals surface area contributed by atoms with Crippen LogP contribution in [-0.2, 0) is 19.5 Å². The summed E-state index contributed by atoms with van der Waals surface area (Å²) in [6.45, 7) is 3.43. The summed E-state index contributed by atoms with van der Waals surface area (Å²) < 4.78 is 37.7. The highest BCUT2D eigenvalue weighted by Gasteiger charge is 2.21. The van der Waals surface area contributed by atoms with Crippen molar-refractivity contribution >= 4 is 15.9 Å². The van der Waals surface area contributed by atoms with Crippen LogP contribution in [0.15, 0.2) is 23.1 Å². The molecule has 134 valence electrons. The first-order valence-electron chi connectivity index (χ1n) is 7.93.